The quantitative estimate of drug-likeness (QED) is 0.271. The molecule has 1 aromatic carbocycles. The molecule has 2 heterocycles. The molecule has 24 heavy (non-hydrogen) atoms. The minimum Gasteiger partial charge on any atom is -0.285 e. The van der Waals surface area contributed by atoms with Crippen LogP contribution >= 0.6 is 34.5 Å². The number of nitrogens with zero attached hydrogens (tertiary/aromatic N) is 5. The summed E-state index contributed by atoms with van der Waals surface area (Å²) < 4.78 is 1.62. The minimum atomic E-state index is -0.701. The van der Waals surface area contributed by atoms with Crippen molar-refractivity contribution >= 4 is 40.4 Å². The van der Waals surface area contributed by atoms with Crippen LogP contribution in [0.25, 0.3) is 26.7 Å². The number of azide groups is 1. The number of fused-ring (bicyclic) bond motifs is 3. The molecule has 4 rings (SSSR count). The SMILES string of the molecule is [N-]=[N+]=NC(=O)c1nn(-c2ccc(Cl)cc2Cl)c2c1Cc1ccsc1-2. The van der Waals surface area contributed by atoms with Gasteiger partial charge in [-0.3, -0.25) is 4.79 Å². The molecule has 0 radical (unpaired) electrons. The van der Waals surface area contributed by atoms with E-state index in [2.05, 4.69) is 15.1 Å². The van der Waals surface area contributed by atoms with Crippen LogP contribution in [0.5, 0.6) is 0 Å². The van der Waals surface area contributed by atoms with Crippen LogP contribution in [0.15, 0.2) is 34.8 Å². The average molecular weight is 376 g/mol. The van der Waals surface area contributed by atoms with E-state index in [-0.39, 0.29) is 5.69 Å². The van der Waals surface area contributed by atoms with Crippen LogP contribution < -0.4 is 0 Å². The van der Waals surface area contributed by atoms with Crippen molar-refractivity contribution in [1.82, 2.24) is 9.78 Å². The van der Waals surface area contributed by atoms with Crippen LogP contribution in [0.2, 0.25) is 10.0 Å². The van der Waals surface area contributed by atoms with Crippen molar-refractivity contribution < 1.29 is 4.79 Å². The molecular weight excluding hydrogens is 369 g/mol. The number of carbonyl (C=O) groups excluding carboxylic acids is 1. The molecule has 1 aliphatic rings. The fourth-order valence-electron chi connectivity index (χ4n) is 2.81. The maximum absolute atomic E-state index is 12.1. The molecule has 1 aliphatic carbocycles. The lowest BCUT2D eigenvalue weighted by atomic mass is 10.1. The van der Waals surface area contributed by atoms with E-state index in [1.54, 1.807) is 34.2 Å². The first-order valence-corrected chi connectivity index (χ1v) is 8.47. The molecule has 0 saturated carbocycles. The minimum absolute atomic E-state index is 0.150. The zero-order valence-electron chi connectivity index (χ0n) is 11.9. The standard InChI is InChI=1S/C15H7Cl2N5OS/c16-8-1-2-11(10(17)6-8)22-13-9(5-7-3-4-24-14(7)13)12(20-22)15(23)19-21-18/h1-4,6H,5H2. The highest BCUT2D eigenvalue weighted by Crippen LogP contribution is 2.44. The molecule has 0 saturated heterocycles. The van der Waals surface area contributed by atoms with Gasteiger partial charge in [0.25, 0.3) is 5.91 Å². The van der Waals surface area contributed by atoms with Crippen LogP contribution in [0.1, 0.15) is 21.6 Å². The summed E-state index contributed by atoms with van der Waals surface area (Å²) >= 11 is 13.8. The molecule has 0 aliphatic heterocycles. The Labute approximate surface area is 149 Å². The third kappa shape index (κ3) is 2.22. The fraction of sp³-hybridized carbons (Fsp3) is 0.0667. The van der Waals surface area contributed by atoms with Crippen molar-refractivity contribution in [3.63, 3.8) is 0 Å². The average Bonchev–Trinajstić information content (AvgIpc) is 3.18. The van der Waals surface area contributed by atoms with Gasteiger partial charge < -0.3 is 0 Å². The summed E-state index contributed by atoms with van der Waals surface area (Å²) in [7, 11) is 0. The number of amides is 1. The molecule has 3 aromatic rings. The monoisotopic (exact) mass is 375 g/mol. The number of carbonyl (C=O) groups is 1. The highest BCUT2D eigenvalue weighted by molar-refractivity contribution is 7.13. The van der Waals surface area contributed by atoms with Gasteiger partial charge in [0.15, 0.2) is 0 Å². The number of benzene rings is 1. The van der Waals surface area contributed by atoms with Gasteiger partial charge in [-0.25, -0.2) is 4.68 Å². The van der Waals surface area contributed by atoms with Crippen LogP contribution in [0.4, 0.5) is 0 Å². The smallest absolute Gasteiger partial charge is 0.269 e. The largest absolute Gasteiger partial charge is 0.285 e. The number of aromatic nitrogens is 2. The molecule has 118 valence electrons. The van der Waals surface area contributed by atoms with E-state index in [0.717, 1.165) is 21.7 Å². The Bertz CT molecular complexity index is 1050. The second-order valence-electron chi connectivity index (χ2n) is 5.13. The van der Waals surface area contributed by atoms with Crippen molar-refractivity contribution in [2.24, 2.45) is 5.11 Å². The van der Waals surface area contributed by atoms with Crippen LogP contribution in [-0.4, -0.2) is 15.7 Å². The predicted octanol–water partition coefficient (Wildman–Crippen LogP) is 5.26. The molecule has 0 atom stereocenters. The molecule has 6 nitrogen and oxygen atoms in total. The summed E-state index contributed by atoms with van der Waals surface area (Å²) in [6, 6.07) is 7.07. The van der Waals surface area contributed by atoms with Gasteiger partial charge in [-0.1, -0.05) is 23.2 Å². The molecule has 0 fully saturated rings. The van der Waals surface area contributed by atoms with Crippen LogP contribution in [0, 0.1) is 0 Å². The molecule has 2 aromatic heterocycles. The molecule has 1 amide bonds. The van der Waals surface area contributed by atoms with Gasteiger partial charge >= 0.3 is 0 Å². The summed E-state index contributed by atoms with van der Waals surface area (Å²) in [6.45, 7) is 0. The van der Waals surface area contributed by atoms with Gasteiger partial charge in [0.1, 0.15) is 5.69 Å². The maximum Gasteiger partial charge on any atom is 0.269 e. The number of hydrogen-bond donors (Lipinski definition) is 0. The molecular formula is C15H7Cl2N5OS. The van der Waals surface area contributed by atoms with E-state index in [1.165, 1.54) is 0 Å². The van der Waals surface area contributed by atoms with Gasteiger partial charge in [0.2, 0.25) is 0 Å². The third-order valence-corrected chi connectivity index (χ3v) is 5.29. The Morgan fingerprint density at radius 3 is 2.96 bits per heavy atom. The Hall–Kier alpha value is -2.31. The first kappa shape index (κ1) is 15.2. The van der Waals surface area contributed by atoms with Crippen LogP contribution in [0.3, 0.4) is 0 Å². The summed E-state index contributed by atoms with van der Waals surface area (Å²) in [5.41, 5.74) is 12.0. The molecule has 0 spiro atoms. The van der Waals surface area contributed by atoms with E-state index >= 15 is 0 Å². The Balaban J connectivity index is 2.00. The number of rotatable bonds is 2. The lowest BCUT2D eigenvalue weighted by Gasteiger charge is -2.08. The second kappa shape index (κ2) is 5.65. The normalized spacial score (nSPS) is 11.8. The topological polar surface area (TPSA) is 83.7 Å². The van der Waals surface area contributed by atoms with Crippen molar-refractivity contribution in [3.05, 3.63) is 67.0 Å². The zero-order valence-corrected chi connectivity index (χ0v) is 14.2. The van der Waals surface area contributed by atoms with E-state index in [9.17, 15) is 4.79 Å². The fourth-order valence-corrected chi connectivity index (χ4v) is 4.28. The van der Waals surface area contributed by atoms with Gasteiger partial charge in [0, 0.05) is 21.9 Å². The van der Waals surface area contributed by atoms with Crippen molar-refractivity contribution in [2.45, 2.75) is 6.42 Å². The van der Waals surface area contributed by atoms with E-state index in [0.29, 0.717) is 22.2 Å². The summed E-state index contributed by atoms with van der Waals surface area (Å²) in [4.78, 5) is 15.7. The Morgan fingerprint density at radius 2 is 2.21 bits per heavy atom. The van der Waals surface area contributed by atoms with E-state index in [4.69, 9.17) is 28.7 Å². The lowest BCUT2D eigenvalue weighted by molar-refractivity contribution is 0.0994. The van der Waals surface area contributed by atoms with Gasteiger partial charge in [-0.05, 0) is 45.9 Å². The van der Waals surface area contributed by atoms with Crippen molar-refractivity contribution in [3.8, 4) is 16.3 Å². The second-order valence-corrected chi connectivity index (χ2v) is 6.89. The molecule has 0 unspecified atom stereocenters. The van der Waals surface area contributed by atoms with Crippen LogP contribution in [-0.2, 0) is 6.42 Å². The number of halogens is 2. The first-order chi connectivity index (χ1) is 11.6. The van der Waals surface area contributed by atoms with E-state index < -0.39 is 5.91 Å². The lowest BCUT2D eigenvalue weighted by Crippen LogP contribution is -2.03. The highest BCUT2D eigenvalue weighted by atomic mass is 35.5. The van der Waals surface area contributed by atoms with Crippen molar-refractivity contribution in [1.29, 1.82) is 0 Å². The molecule has 0 N–H and O–H groups in total. The number of thiophene rings is 1. The Kier molecular flexibility index (Phi) is 3.58. The first-order valence-electron chi connectivity index (χ1n) is 6.83. The van der Waals surface area contributed by atoms with E-state index in [1.807, 2.05) is 11.4 Å². The van der Waals surface area contributed by atoms with Gasteiger partial charge in [-0.2, -0.15) is 5.10 Å². The Morgan fingerprint density at radius 1 is 1.38 bits per heavy atom. The summed E-state index contributed by atoms with van der Waals surface area (Å²) in [6.07, 6.45) is 0.571. The van der Waals surface area contributed by atoms with Crippen molar-refractivity contribution in [2.75, 3.05) is 0 Å². The highest BCUT2D eigenvalue weighted by Gasteiger charge is 2.32. The van der Waals surface area contributed by atoms with Gasteiger partial charge in [0.05, 0.1) is 21.3 Å². The molecule has 9 heteroatoms. The van der Waals surface area contributed by atoms with Gasteiger partial charge in [-0.15, -0.1) is 11.3 Å². The summed E-state index contributed by atoms with van der Waals surface area (Å²) in [5.74, 6) is -0.701. The number of hydrogen-bond acceptors (Lipinski definition) is 3. The summed E-state index contributed by atoms with van der Waals surface area (Å²) in [5, 5.41) is 10.5. The maximum atomic E-state index is 12.1. The zero-order chi connectivity index (χ0) is 16.8. The molecule has 0 bridgehead atoms. The predicted molar refractivity (Wildman–Crippen MR) is 93.2 cm³/mol. The third-order valence-electron chi connectivity index (χ3n) is 3.79.